The number of nitrogens with zero attached hydrogens (tertiary/aromatic N) is 2. The Morgan fingerprint density at radius 2 is 1.90 bits per heavy atom. The number of sulfonamides is 1. The van der Waals surface area contributed by atoms with E-state index in [0.717, 1.165) is 0 Å². The molecule has 2 aromatic rings. The normalized spacial score (nSPS) is 19.2. The number of hydrogen-bond acceptors (Lipinski definition) is 5. The predicted molar refractivity (Wildman–Crippen MR) is 116 cm³/mol. The molecule has 0 unspecified atom stereocenters. The number of amides is 3. The van der Waals surface area contributed by atoms with E-state index in [-0.39, 0.29) is 43.0 Å². The van der Waals surface area contributed by atoms with Gasteiger partial charge in [0, 0.05) is 36.9 Å². The lowest BCUT2D eigenvalue weighted by Gasteiger charge is -2.34. The molecule has 2 N–H and O–H groups in total. The van der Waals surface area contributed by atoms with Crippen molar-refractivity contribution < 1.29 is 22.7 Å². The molecule has 164 valence electrons. The van der Waals surface area contributed by atoms with Crippen LogP contribution in [0, 0.1) is 0 Å². The van der Waals surface area contributed by atoms with Crippen molar-refractivity contribution in [1.82, 2.24) is 9.21 Å². The van der Waals surface area contributed by atoms with Crippen molar-refractivity contribution in [2.24, 2.45) is 0 Å². The molecular weight excluding hydrogens is 444 g/mol. The van der Waals surface area contributed by atoms with Crippen LogP contribution in [0.25, 0.3) is 0 Å². The van der Waals surface area contributed by atoms with Gasteiger partial charge in [-0.1, -0.05) is 17.7 Å². The molecule has 0 radical (unpaired) electrons. The SMILES string of the molecule is C[C@@H]1Oc2ccc(S(=O)(=O)N3CCN(C(=O)Nc4cccc(Cl)c4)CC3)cc2NC1=O. The van der Waals surface area contributed by atoms with Gasteiger partial charge >= 0.3 is 6.03 Å². The third-order valence-corrected chi connectivity index (χ3v) is 7.25. The lowest BCUT2D eigenvalue weighted by atomic mass is 10.2. The maximum Gasteiger partial charge on any atom is 0.321 e. The predicted octanol–water partition coefficient (Wildman–Crippen LogP) is 2.60. The van der Waals surface area contributed by atoms with Crippen molar-refractivity contribution >= 4 is 44.9 Å². The van der Waals surface area contributed by atoms with Crippen molar-refractivity contribution in [3.05, 3.63) is 47.5 Å². The molecule has 0 spiro atoms. The number of ether oxygens (including phenoxy) is 1. The molecule has 0 saturated carbocycles. The summed E-state index contributed by atoms with van der Waals surface area (Å²) in [7, 11) is -3.79. The highest BCUT2D eigenvalue weighted by molar-refractivity contribution is 7.89. The molecule has 0 bridgehead atoms. The van der Waals surface area contributed by atoms with Gasteiger partial charge in [0.15, 0.2) is 6.10 Å². The molecule has 2 aliphatic rings. The first-order valence-electron chi connectivity index (χ1n) is 9.67. The number of urea groups is 1. The second-order valence-electron chi connectivity index (χ2n) is 7.24. The lowest BCUT2D eigenvalue weighted by molar-refractivity contribution is -0.122. The highest BCUT2D eigenvalue weighted by atomic mass is 35.5. The van der Waals surface area contributed by atoms with E-state index in [2.05, 4.69) is 10.6 Å². The lowest BCUT2D eigenvalue weighted by Crippen LogP contribution is -2.51. The molecule has 11 heteroatoms. The molecule has 0 aliphatic carbocycles. The van der Waals surface area contributed by atoms with Crippen LogP contribution in [0.2, 0.25) is 5.02 Å². The maximum atomic E-state index is 13.1. The van der Waals surface area contributed by atoms with Crippen molar-refractivity contribution in [2.75, 3.05) is 36.8 Å². The summed E-state index contributed by atoms with van der Waals surface area (Å²) in [5.41, 5.74) is 0.893. The van der Waals surface area contributed by atoms with Crippen LogP contribution in [0.1, 0.15) is 6.92 Å². The number of hydrogen-bond donors (Lipinski definition) is 2. The second-order valence-corrected chi connectivity index (χ2v) is 9.61. The van der Waals surface area contributed by atoms with Crippen LogP contribution in [-0.2, 0) is 14.8 Å². The summed E-state index contributed by atoms with van der Waals surface area (Å²) < 4.78 is 32.9. The Kier molecular flexibility index (Phi) is 5.78. The Morgan fingerprint density at radius 1 is 1.16 bits per heavy atom. The minimum atomic E-state index is -3.79. The fourth-order valence-electron chi connectivity index (χ4n) is 3.40. The number of carbonyl (C=O) groups is 2. The number of fused-ring (bicyclic) bond motifs is 1. The van der Waals surface area contributed by atoms with Gasteiger partial charge in [0.2, 0.25) is 10.0 Å². The zero-order chi connectivity index (χ0) is 22.2. The monoisotopic (exact) mass is 464 g/mol. The minimum Gasteiger partial charge on any atom is -0.479 e. The summed E-state index contributed by atoms with van der Waals surface area (Å²) in [5.74, 6) is 0.0925. The summed E-state index contributed by atoms with van der Waals surface area (Å²) in [6, 6.07) is 10.9. The molecular formula is C20H21ClN4O5S. The zero-order valence-electron chi connectivity index (χ0n) is 16.7. The summed E-state index contributed by atoms with van der Waals surface area (Å²) in [4.78, 5) is 25.9. The van der Waals surface area contributed by atoms with E-state index in [1.807, 2.05) is 0 Å². The average Bonchev–Trinajstić information content (AvgIpc) is 2.74. The van der Waals surface area contributed by atoms with E-state index in [9.17, 15) is 18.0 Å². The highest BCUT2D eigenvalue weighted by Crippen LogP contribution is 2.33. The number of rotatable bonds is 3. The summed E-state index contributed by atoms with van der Waals surface area (Å²) >= 11 is 5.93. The van der Waals surface area contributed by atoms with Crippen LogP contribution < -0.4 is 15.4 Å². The zero-order valence-corrected chi connectivity index (χ0v) is 18.2. The van der Waals surface area contributed by atoms with Crippen LogP contribution in [0.15, 0.2) is 47.4 Å². The maximum absolute atomic E-state index is 13.1. The topological polar surface area (TPSA) is 108 Å². The number of nitrogens with one attached hydrogen (secondary N) is 2. The Balaban J connectivity index is 1.42. The summed E-state index contributed by atoms with van der Waals surface area (Å²) in [6.07, 6.45) is -0.638. The molecule has 2 heterocycles. The first kappa shape index (κ1) is 21.4. The Labute approximate surface area is 185 Å². The first-order chi connectivity index (χ1) is 14.7. The largest absolute Gasteiger partial charge is 0.479 e. The van der Waals surface area contributed by atoms with Gasteiger partial charge in [-0.25, -0.2) is 13.2 Å². The number of piperazine rings is 1. The van der Waals surface area contributed by atoms with E-state index in [1.165, 1.54) is 22.5 Å². The van der Waals surface area contributed by atoms with Crippen molar-refractivity contribution in [3.8, 4) is 5.75 Å². The third kappa shape index (κ3) is 4.46. The number of anilines is 2. The fourth-order valence-corrected chi connectivity index (χ4v) is 5.04. The van der Waals surface area contributed by atoms with E-state index in [0.29, 0.717) is 22.1 Å². The molecule has 9 nitrogen and oxygen atoms in total. The van der Waals surface area contributed by atoms with Crippen LogP contribution >= 0.6 is 11.6 Å². The smallest absolute Gasteiger partial charge is 0.321 e. The summed E-state index contributed by atoms with van der Waals surface area (Å²) in [5, 5.41) is 5.93. The minimum absolute atomic E-state index is 0.0570. The van der Waals surface area contributed by atoms with E-state index in [4.69, 9.17) is 16.3 Å². The van der Waals surface area contributed by atoms with Gasteiger partial charge in [0.05, 0.1) is 10.6 Å². The van der Waals surface area contributed by atoms with Crippen molar-refractivity contribution in [1.29, 1.82) is 0 Å². The molecule has 31 heavy (non-hydrogen) atoms. The summed E-state index contributed by atoms with van der Waals surface area (Å²) in [6.45, 7) is 2.41. The Morgan fingerprint density at radius 3 is 2.61 bits per heavy atom. The fraction of sp³-hybridized carbons (Fsp3) is 0.300. The van der Waals surface area contributed by atoms with Gasteiger partial charge in [-0.05, 0) is 43.3 Å². The van der Waals surface area contributed by atoms with Crippen LogP contribution in [0.3, 0.4) is 0 Å². The Hall–Kier alpha value is -2.82. The van der Waals surface area contributed by atoms with E-state index >= 15 is 0 Å². The number of carbonyl (C=O) groups excluding carboxylic acids is 2. The highest BCUT2D eigenvalue weighted by Gasteiger charge is 2.32. The third-order valence-electron chi connectivity index (χ3n) is 5.12. The van der Waals surface area contributed by atoms with Crippen LogP contribution in [-0.4, -0.2) is 61.8 Å². The first-order valence-corrected chi connectivity index (χ1v) is 11.5. The standard InChI is InChI=1S/C20H21ClN4O5S/c1-13-19(26)23-17-12-16(5-6-18(17)30-13)31(28,29)25-9-7-24(8-10-25)20(27)22-15-4-2-3-14(21)11-15/h2-6,11-13H,7-10H2,1H3,(H,22,27)(H,23,26)/t13-/m0/s1. The van der Waals surface area contributed by atoms with Gasteiger partial charge in [-0.2, -0.15) is 4.31 Å². The van der Waals surface area contributed by atoms with Gasteiger partial charge in [-0.3, -0.25) is 4.79 Å². The quantitative estimate of drug-likeness (QED) is 0.725. The molecule has 3 amide bonds. The Bertz CT molecular complexity index is 1130. The average molecular weight is 465 g/mol. The van der Waals surface area contributed by atoms with E-state index in [1.54, 1.807) is 36.1 Å². The molecule has 0 aromatic heterocycles. The van der Waals surface area contributed by atoms with Gasteiger partial charge in [-0.15, -0.1) is 0 Å². The van der Waals surface area contributed by atoms with Gasteiger partial charge in [0.1, 0.15) is 5.75 Å². The van der Waals surface area contributed by atoms with Gasteiger partial charge in [0.25, 0.3) is 5.91 Å². The molecule has 1 saturated heterocycles. The number of halogens is 1. The molecule has 1 fully saturated rings. The molecule has 2 aliphatic heterocycles. The second kappa shape index (κ2) is 8.37. The molecule has 2 aromatic carbocycles. The van der Waals surface area contributed by atoms with E-state index < -0.39 is 16.1 Å². The number of benzene rings is 2. The molecule has 1 atom stereocenters. The van der Waals surface area contributed by atoms with Gasteiger partial charge < -0.3 is 20.3 Å². The van der Waals surface area contributed by atoms with Crippen LogP contribution in [0.4, 0.5) is 16.2 Å². The molecule has 4 rings (SSSR count). The van der Waals surface area contributed by atoms with Crippen molar-refractivity contribution in [2.45, 2.75) is 17.9 Å². The van der Waals surface area contributed by atoms with Crippen LogP contribution in [0.5, 0.6) is 5.75 Å². The van der Waals surface area contributed by atoms with Crippen molar-refractivity contribution in [3.63, 3.8) is 0 Å².